The summed E-state index contributed by atoms with van der Waals surface area (Å²) in [6.45, 7) is 1.74. The Labute approximate surface area is 110 Å². The molecule has 0 bridgehead atoms. The van der Waals surface area contributed by atoms with E-state index < -0.39 is 10.2 Å². The van der Waals surface area contributed by atoms with Crippen molar-refractivity contribution in [3.05, 3.63) is 0 Å². The fourth-order valence-electron chi connectivity index (χ4n) is 2.89. The molecule has 2 rings (SSSR count). The molecule has 106 valence electrons. The summed E-state index contributed by atoms with van der Waals surface area (Å²) < 4.78 is 29.0. The van der Waals surface area contributed by atoms with Crippen LogP contribution in [0.1, 0.15) is 44.9 Å². The van der Waals surface area contributed by atoms with Crippen LogP contribution < -0.4 is 10.0 Å². The summed E-state index contributed by atoms with van der Waals surface area (Å²) in [6.07, 6.45) is 7.51. The van der Waals surface area contributed by atoms with Gasteiger partial charge in [0.25, 0.3) is 10.2 Å². The molecule has 2 fully saturated rings. The van der Waals surface area contributed by atoms with E-state index in [0.29, 0.717) is 0 Å². The Morgan fingerprint density at radius 2 is 1.83 bits per heavy atom. The maximum absolute atomic E-state index is 12.3. The molecular formula is C12H25N3O2S. The zero-order chi connectivity index (χ0) is 13.0. The summed E-state index contributed by atoms with van der Waals surface area (Å²) in [7, 11) is -1.60. The van der Waals surface area contributed by atoms with Gasteiger partial charge in [0.05, 0.1) is 0 Å². The molecule has 0 unspecified atom stereocenters. The smallest absolute Gasteiger partial charge is 0.279 e. The standard InChI is InChI=1S/C12H25N3O2S/c1-15(12-7-3-2-4-8-12)18(16,17)14-11-6-5-9-13-10-11/h11-14H,2-10H2,1H3/t11-/m1/s1. The van der Waals surface area contributed by atoms with E-state index in [-0.39, 0.29) is 12.1 Å². The highest BCUT2D eigenvalue weighted by molar-refractivity contribution is 7.87. The molecule has 0 spiro atoms. The maximum Gasteiger partial charge on any atom is 0.279 e. The van der Waals surface area contributed by atoms with E-state index in [1.54, 1.807) is 11.4 Å². The predicted molar refractivity (Wildman–Crippen MR) is 72.6 cm³/mol. The van der Waals surface area contributed by atoms with E-state index in [1.807, 2.05) is 0 Å². The number of piperidine rings is 1. The van der Waals surface area contributed by atoms with E-state index in [0.717, 1.165) is 51.6 Å². The Morgan fingerprint density at radius 3 is 2.44 bits per heavy atom. The molecule has 0 aromatic heterocycles. The van der Waals surface area contributed by atoms with Crippen molar-refractivity contribution in [1.29, 1.82) is 0 Å². The average Bonchev–Trinajstić information content (AvgIpc) is 2.39. The lowest BCUT2D eigenvalue weighted by molar-refractivity contribution is 0.279. The lowest BCUT2D eigenvalue weighted by Crippen LogP contribution is -2.52. The summed E-state index contributed by atoms with van der Waals surface area (Å²) >= 11 is 0. The van der Waals surface area contributed by atoms with Gasteiger partial charge in [-0.25, -0.2) is 0 Å². The van der Waals surface area contributed by atoms with Crippen LogP contribution in [-0.4, -0.2) is 44.9 Å². The highest BCUT2D eigenvalue weighted by Gasteiger charge is 2.29. The van der Waals surface area contributed by atoms with Crippen molar-refractivity contribution in [2.75, 3.05) is 20.1 Å². The molecule has 2 N–H and O–H groups in total. The second-order valence-electron chi connectivity index (χ2n) is 5.47. The molecule has 0 aromatic carbocycles. The van der Waals surface area contributed by atoms with E-state index in [1.165, 1.54) is 6.42 Å². The van der Waals surface area contributed by atoms with Gasteiger partial charge in [-0.05, 0) is 32.2 Å². The summed E-state index contributed by atoms with van der Waals surface area (Å²) in [6, 6.07) is 0.239. The van der Waals surface area contributed by atoms with Gasteiger partial charge < -0.3 is 5.32 Å². The van der Waals surface area contributed by atoms with Gasteiger partial charge in [-0.3, -0.25) is 0 Å². The normalized spacial score (nSPS) is 27.6. The number of hydrogen-bond acceptors (Lipinski definition) is 3. The van der Waals surface area contributed by atoms with Crippen molar-refractivity contribution >= 4 is 10.2 Å². The molecule has 1 saturated carbocycles. The highest BCUT2D eigenvalue weighted by atomic mass is 32.2. The SMILES string of the molecule is CN(C1CCCCC1)S(=O)(=O)N[C@@H]1CCCNC1. The summed E-state index contributed by atoms with van der Waals surface area (Å²) in [5, 5.41) is 3.23. The Kier molecular flexibility index (Phi) is 5.00. The van der Waals surface area contributed by atoms with Gasteiger partial charge in [0.15, 0.2) is 0 Å². The molecule has 1 saturated heterocycles. The van der Waals surface area contributed by atoms with Gasteiger partial charge in [0.2, 0.25) is 0 Å². The molecule has 1 aliphatic carbocycles. The van der Waals surface area contributed by atoms with Crippen LogP contribution in [0, 0.1) is 0 Å². The number of hydrogen-bond donors (Lipinski definition) is 2. The monoisotopic (exact) mass is 275 g/mol. The number of rotatable bonds is 4. The molecule has 18 heavy (non-hydrogen) atoms. The summed E-state index contributed by atoms with van der Waals surface area (Å²) in [5.41, 5.74) is 0. The van der Waals surface area contributed by atoms with Crippen LogP contribution in [0.4, 0.5) is 0 Å². The van der Waals surface area contributed by atoms with Crippen molar-refractivity contribution in [2.24, 2.45) is 0 Å². The van der Waals surface area contributed by atoms with Crippen LogP contribution in [0.25, 0.3) is 0 Å². The third-order valence-electron chi connectivity index (χ3n) is 4.08. The van der Waals surface area contributed by atoms with Gasteiger partial charge in [-0.1, -0.05) is 19.3 Å². The minimum Gasteiger partial charge on any atom is -0.315 e. The van der Waals surface area contributed by atoms with Crippen LogP contribution in [0.5, 0.6) is 0 Å². The van der Waals surface area contributed by atoms with Gasteiger partial charge in [-0.2, -0.15) is 17.4 Å². The summed E-state index contributed by atoms with van der Waals surface area (Å²) in [4.78, 5) is 0. The van der Waals surface area contributed by atoms with Crippen molar-refractivity contribution in [2.45, 2.75) is 57.0 Å². The highest BCUT2D eigenvalue weighted by Crippen LogP contribution is 2.23. The van der Waals surface area contributed by atoms with Crippen molar-refractivity contribution in [3.8, 4) is 0 Å². The first-order chi connectivity index (χ1) is 8.59. The van der Waals surface area contributed by atoms with Crippen LogP contribution in [0.3, 0.4) is 0 Å². The first-order valence-corrected chi connectivity index (χ1v) is 8.49. The van der Waals surface area contributed by atoms with E-state index in [4.69, 9.17) is 0 Å². The Bertz CT molecular complexity index is 346. The Balaban J connectivity index is 1.91. The zero-order valence-electron chi connectivity index (χ0n) is 11.2. The molecule has 5 nitrogen and oxygen atoms in total. The van der Waals surface area contributed by atoms with E-state index in [9.17, 15) is 8.42 Å². The van der Waals surface area contributed by atoms with Gasteiger partial charge in [0.1, 0.15) is 0 Å². The molecule has 1 aliphatic heterocycles. The lowest BCUT2D eigenvalue weighted by atomic mass is 9.96. The van der Waals surface area contributed by atoms with Gasteiger partial charge >= 0.3 is 0 Å². The molecule has 1 atom stereocenters. The summed E-state index contributed by atoms with van der Waals surface area (Å²) in [5.74, 6) is 0. The quantitative estimate of drug-likeness (QED) is 0.799. The minimum atomic E-state index is -3.32. The number of nitrogens with one attached hydrogen (secondary N) is 2. The molecule has 0 aromatic rings. The zero-order valence-corrected chi connectivity index (χ0v) is 12.0. The fraction of sp³-hybridized carbons (Fsp3) is 1.00. The first kappa shape index (κ1) is 14.2. The average molecular weight is 275 g/mol. The van der Waals surface area contributed by atoms with Crippen molar-refractivity contribution in [1.82, 2.24) is 14.3 Å². The maximum atomic E-state index is 12.3. The minimum absolute atomic E-state index is 0.0507. The van der Waals surface area contributed by atoms with E-state index in [2.05, 4.69) is 10.0 Å². The number of nitrogens with zero attached hydrogens (tertiary/aromatic N) is 1. The van der Waals surface area contributed by atoms with Crippen LogP contribution >= 0.6 is 0 Å². The van der Waals surface area contributed by atoms with Crippen LogP contribution in [-0.2, 0) is 10.2 Å². The molecule has 1 heterocycles. The second-order valence-corrected chi connectivity index (χ2v) is 7.24. The second kappa shape index (κ2) is 6.32. The largest absolute Gasteiger partial charge is 0.315 e. The predicted octanol–water partition coefficient (Wildman–Crippen LogP) is 0.837. The third-order valence-corrected chi connectivity index (χ3v) is 5.77. The topological polar surface area (TPSA) is 61.4 Å². The van der Waals surface area contributed by atoms with Crippen LogP contribution in [0.2, 0.25) is 0 Å². The van der Waals surface area contributed by atoms with Crippen molar-refractivity contribution in [3.63, 3.8) is 0 Å². The lowest BCUT2D eigenvalue weighted by Gasteiger charge is -2.32. The van der Waals surface area contributed by atoms with Gasteiger partial charge in [-0.15, -0.1) is 0 Å². The first-order valence-electron chi connectivity index (χ1n) is 7.05. The third kappa shape index (κ3) is 3.66. The van der Waals surface area contributed by atoms with Crippen LogP contribution in [0.15, 0.2) is 0 Å². The van der Waals surface area contributed by atoms with E-state index >= 15 is 0 Å². The molecular weight excluding hydrogens is 250 g/mol. The molecule has 0 radical (unpaired) electrons. The Hall–Kier alpha value is -0.170. The molecule has 6 heteroatoms. The van der Waals surface area contributed by atoms with Gasteiger partial charge in [0, 0.05) is 25.7 Å². The molecule has 0 amide bonds. The molecule has 2 aliphatic rings. The fourth-order valence-corrected chi connectivity index (χ4v) is 4.28. The van der Waals surface area contributed by atoms with Crippen molar-refractivity contribution < 1.29 is 8.42 Å². The Morgan fingerprint density at radius 1 is 1.11 bits per heavy atom.